The zero-order valence-electron chi connectivity index (χ0n) is 19.7. The van der Waals surface area contributed by atoms with Gasteiger partial charge >= 0.3 is 0 Å². The van der Waals surface area contributed by atoms with Gasteiger partial charge in [-0.15, -0.1) is 0 Å². The topological polar surface area (TPSA) is 58.1 Å². The Morgan fingerprint density at radius 1 is 0.971 bits per heavy atom. The van der Waals surface area contributed by atoms with Crippen LogP contribution in [0.4, 0.5) is 10.2 Å². The van der Waals surface area contributed by atoms with Gasteiger partial charge in [0.2, 0.25) is 0 Å². The number of carbonyl (C=O) groups excluding carboxylic acids is 1. The van der Waals surface area contributed by atoms with Gasteiger partial charge in [0.25, 0.3) is 5.91 Å². The number of fused-ring (bicyclic) bond motifs is 1. The molecule has 1 N–H and O–H groups in total. The molecule has 1 aromatic heterocycles. The quantitative estimate of drug-likeness (QED) is 0.356. The van der Waals surface area contributed by atoms with Crippen LogP contribution in [0.15, 0.2) is 66.7 Å². The number of benzene rings is 3. The van der Waals surface area contributed by atoms with Gasteiger partial charge in [0, 0.05) is 29.6 Å². The SMILES string of the molecule is Cc1nc(NC2CC2)c2cc(-c3cccc(CN(C(=O)c4cccc(F)c4)C4CC4)c3)ccc2n1. The lowest BCUT2D eigenvalue weighted by Gasteiger charge is -2.23. The molecule has 35 heavy (non-hydrogen) atoms. The average Bonchev–Trinajstić information content (AvgIpc) is 3.78. The zero-order valence-corrected chi connectivity index (χ0v) is 19.7. The molecular formula is C29H27FN4O. The van der Waals surface area contributed by atoms with Gasteiger partial charge in [0.05, 0.1) is 5.52 Å². The molecule has 0 radical (unpaired) electrons. The van der Waals surface area contributed by atoms with Crippen LogP contribution in [-0.2, 0) is 6.54 Å². The second kappa shape index (κ2) is 8.77. The maximum absolute atomic E-state index is 13.7. The first-order valence-electron chi connectivity index (χ1n) is 12.2. The van der Waals surface area contributed by atoms with Crippen LogP contribution in [0.3, 0.4) is 0 Å². The molecule has 2 saturated carbocycles. The molecule has 0 aliphatic heterocycles. The molecule has 6 rings (SSSR count). The highest BCUT2D eigenvalue weighted by Gasteiger charge is 2.33. The molecule has 6 heteroatoms. The van der Waals surface area contributed by atoms with Crippen LogP contribution < -0.4 is 5.32 Å². The van der Waals surface area contributed by atoms with E-state index >= 15 is 0 Å². The van der Waals surface area contributed by atoms with Gasteiger partial charge in [-0.05, 0) is 85.7 Å². The minimum absolute atomic E-state index is 0.119. The first-order chi connectivity index (χ1) is 17.0. The van der Waals surface area contributed by atoms with E-state index in [9.17, 15) is 9.18 Å². The fourth-order valence-corrected chi connectivity index (χ4v) is 4.54. The Morgan fingerprint density at radius 3 is 2.54 bits per heavy atom. The van der Waals surface area contributed by atoms with E-state index in [0.717, 1.165) is 52.1 Å². The van der Waals surface area contributed by atoms with Crippen molar-refractivity contribution in [2.24, 2.45) is 0 Å². The Balaban J connectivity index is 1.30. The summed E-state index contributed by atoms with van der Waals surface area (Å²) in [4.78, 5) is 24.3. The number of aromatic nitrogens is 2. The standard InChI is InChI=1S/C29H27FN4O/c1-18-31-27-13-8-21(16-26(27)28(32-18)33-24-9-10-24)20-5-2-4-19(14-20)17-34(25-11-12-25)29(35)22-6-3-7-23(30)15-22/h2-8,13-16,24-25H,9-12,17H2,1H3,(H,31,32,33). The molecule has 0 bridgehead atoms. The first kappa shape index (κ1) is 21.7. The number of anilines is 1. The summed E-state index contributed by atoms with van der Waals surface area (Å²) in [6.07, 6.45) is 4.33. The van der Waals surface area contributed by atoms with Gasteiger partial charge in [-0.1, -0.05) is 30.3 Å². The smallest absolute Gasteiger partial charge is 0.254 e. The van der Waals surface area contributed by atoms with E-state index in [1.807, 2.05) is 30.0 Å². The molecule has 176 valence electrons. The van der Waals surface area contributed by atoms with Crippen molar-refractivity contribution >= 4 is 22.6 Å². The number of carbonyl (C=O) groups is 1. The van der Waals surface area contributed by atoms with Gasteiger partial charge in [0.1, 0.15) is 17.5 Å². The van der Waals surface area contributed by atoms with Crippen LogP contribution in [0.1, 0.15) is 47.4 Å². The molecule has 2 fully saturated rings. The van der Waals surface area contributed by atoms with Crippen molar-refractivity contribution in [1.82, 2.24) is 14.9 Å². The summed E-state index contributed by atoms with van der Waals surface area (Å²) < 4.78 is 13.7. The highest BCUT2D eigenvalue weighted by Crippen LogP contribution is 2.33. The van der Waals surface area contributed by atoms with Crippen LogP contribution in [0, 0.1) is 12.7 Å². The van der Waals surface area contributed by atoms with E-state index in [1.54, 1.807) is 12.1 Å². The summed E-state index contributed by atoms with van der Waals surface area (Å²) in [6.45, 7) is 2.42. The Labute approximate surface area is 204 Å². The van der Waals surface area contributed by atoms with Crippen LogP contribution >= 0.6 is 0 Å². The Hall–Kier alpha value is -3.80. The van der Waals surface area contributed by atoms with Crippen LogP contribution in [-0.4, -0.2) is 32.9 Å². The monoisotopic (exact) mass is 466 g/mol. The summed E-state index contributed by atoms with van der Waals surface area (Å²) in [5.74, 6) is 1.15. The predicted molar refractivity (Wildman–Crippen MR) is 136 cm³/mol. The number of amides is 1. The van der Waals surface area contributed by atoms with E-state index in [4.69, 9.17) is 0 Å². The second-order valence-corrected chi connectivity index (χ2v) is 9.64. The summed E-state index contributed by atoms with van der Waals surface area (Å²) in [6, 6.07) is 21.3. The minimum Gasteiger partial charge on any atom is -0.367 e. The Kier molecular flexibility index (Phi) is 5.44. The van der Waals surface area contributed by atoms with Gasteiger partial charge in [-0.25, -0.2) is 14.4 Å². The fourth-order valence-electron chi connectivity index (χ4n) is 4.54. The average molecular weight is 467 g/mol. The third-order valence-corrected chi connectivity index (χ3v) is 6.66. The lowest BCUT2D eigenvalue weighted by molar-refractivity contribution is 0.0729. The van der Waals surface area contributed by atoms with Gasteiger partial charge < -0.3 is 10.2 Å². The first-order valence-corrected chi connectivity index (χ1v) is 12.2. The van der Waals surface area contributed by atoms with Crippen molar-refractivity contribution in [1.29, 1.82) is 0 Å². The lowest BCUT2D eigenvalue weighted by atomic mass is 10.0. The Morgan fingerprint density at radius 2 is 1.77 bits per heavy atom. The van der Waals surface area contributed by atoms with Crippen molar-refractivity contribution < 1.29 is 9.18 Å². The molecule has 1 heterocycles. The number of halogens is 1. The molecule has 3 aromatic carbocycles. The number of nitrogens with zero attached hydrogens (tertiary/aromatic N) is 3. The van der Waals surface area contributed by atoms with E-state index in [1.165, 1.54) is 25.0 Å². The van der Waals surface area contributed by atoms with E-state index in [0.29, 0.717) is 18.2 Å². The third-order valence-electron chi connectivity index (χ3n) is 6.66. The van der Waals surface area contributed by atoms with Crippen LogP contribution in [0.25, 0.3) is 22.0 Å². The number of hydrogen-bond donors (Lipinski definition) is 1. The zero-order chi connectivity index (χ0) is 23.9. The van der Waals surface area contributed by atoms with E-state index < -0.39 is 0 Å². The van der Waals surface area contributed by atoms with Crippen LogP contribution in [0.5, 0.6) is 0 Å². The van der Waals surface area contributed by atoms with Gasteiger partial charge in [-0.3, -0.25) is 4.79 Å². The highest BCUT2D eigenvalue weighted by molar-refractivity contribution is 5.95. The van der Waals surface area contributed by atoms with Crippen LogP contribution in [0.2, 0.25) is 0 Å². The normalized spacial score (nSPS) is 15.3. The number of rotatable bonds is 7. The number of hydrogen-bond acceptors (Lipinski definition) is 4. The maximum Gasteiger partial charge on any atom is 0.254 e. The number of aryl methyl sites for hydroxylation is 1. The summed E-state index contributed by atoms with van der Waals surface area (Å²) in [7, 11) is 0. The van der Waals surface area contributed by atoms with Crippen molar-refractivity contribution in [3.63, 3.8) is 0 Å². The summed E-state index contributed by atoms with van der Waals surface area (Å²) in [5.41, 5.74) is 4.54. The van der Waals surface area contributed by atoms with Crippen molar-refractivity contribution in [3.8, 4) is 11.1 Å². The van der Waals surface area contributed by atoms with Crippen molar-refractivity contribution in [3.05, 3.63) is 89.5 Å². The molecule has 2 aliphatic carbocycles. The lowest BCUT2D eigenvalue weighted by Crippen LogP contribution is -2.32. The number of nitrogens with one attached hydrogen (secondary N) is 1. The molecule has 0 saturated heterocycles. The van der Waals surface area contributed by atoms with Gasteiger partial charge in [0.15, 0.2) is 0 Å². The summed E-state index contributed by atoms with van der Waals surface area (Å²) >= 11 is 0. The molecule has 4 aromatic rings. The van der Waals surface area contributed by atoms with Gasteiger partial charge in [-0.2, -0.15) is 0 Å². The second-order valence-electron chi connectivity index (χ2n) is 9.64. The molecule has 5 nitrogen and oxygen atoms in total. The molecule has 0 spiro atoms. The third kappa shape index (κ3) is 4.74. The molecule has 1 amide bonds. The van der Waals surface area contributed by atoms with Crippen molar-refractivity contribution in [2.75, 3.05) is 5.32 Å². The fraction of sp³-hybridized carbons (Fsp3) is 0.276. The predicted octanol–water partition coefficient (Wildman–Crippen LogP) is 6.12. The van der Waals surface area contributed by atoms with E-state index in [2.05, 4.69) is 39.6 Å². The highest BCUT2D eigenvalue weighted by atomic mass is 19.1. The van der Waals surface area contributed by atoms with E-state index in [-0.39, 0.29) is 17.8 Å². The maximum atomic E-state index is 13.7. The molecule has 0 unspecified atom stereocenters. The molecule has 2 aliphatic rings. The molecule has 0 atom stereocenters. The summed E-state index contributed by atoms with van der Waals surface area (Å²) in [5, 5.41) is 4.56. The minimum atomic E-state index is -0.389. The largest absolute Gasteiger partial charge is 0.367 e. The Bertz CT molecular complexity index is 1430. The van der Waals surface area contributed by atoms with Crippen molar-refractivity contribution in [2.45, 2.75) is 51.2 Å². The molecular weight excluding hydrogens is 439 g/mol.